The standard InChI is InChI=1S/C19H17BrN2O3/c20-14-8-9-15-16(11-14)19(25)22(18(15)24)10-4-7-17(23)21-12-13-5-2-1-3-6-13/h1-3,5-6,8-9,11H,4,7,10,12H2,(H,21,23). The molecule has 0 saturated heterocycles. The molecule has 3 amide bonds. The lowest BCUT2D eigenvalue weighted by Gasteiger charge is -2.13. The van der Waals surface area contributed by atoms with E-state index >= 15 is 0 Å². The first-order valence-electron chi connectivity index (χ1n) is 8.02. The van der Waals surface area contributed by atoms with Crippen molar-refractivity contribution >= 4 is 33.7 Å². The van der Waals surface area contributed by atoms with E-state index in [0.717, 1.165) is 10.0 Å². The molecular weight excluding hydrogens is 384 g/mol. The Labute approximate surface area is 154 Å². The van der Waals surface area contributed by atoms with Crippen LogP contribution in [0.25, 0.3) is 0 Å². The van der Waals surface area contributed by atoms with Crippen LogP contribution < -0.4 is 5.32 Å². The second-order valence-corrected chi connectivity index (χ2v) is 6.73. The van der Waals surface area contributed by atoms with Gasteiger partial charge < -0.3 is 5.32 Å². The molecule has 6 heteroatoms. The fourth-order valence-electron chi connectivity index (χ4n) is 2.75. The molecule has 0 aromatic heterocycles. The maximum absolute atomic E-state index is 12.3. The summed E-state index contributed by atoms with van der Waals surface area (Å²) in [5.74, 6) is -0.689. The topological polar surface area (TPSA) is 66.5 Å². The third-order valence-electron chi connectivity index (χ3n) is 4.05. The van der Waals surface area contributed by atoms with Crippen LogP contribution in [0.15, 0.2) is 53.0 Å². The summed E-state index contributed by atoms with van der Waals surface area (Å²) < 4.78 is 0.759. The molecule has 0 aliphatic carbocycles. The van der Waals surface area contributed by atoms with Crippen LogP contribution in [-0.4, -0.2) is 29.2 Å². The molecule has 1 aliphatic rings. The number of hydrogen-bond acceptors (Lipinski definition) is 3. The van der Waals surface area contributed by atoms with Crippen LogP contribution in [0.4, 0.5) is 0 Å². The van der Waals surface area contributed by atoms with Gasteiger partial charge in [-0.3, -0.25) is 19.3 Å². The Morgan fingerprint density at radius 3 is 2.48 bits per heavy atom. The number of nitrogens with one attached hydrogen (secondary N) is 1. The number of carbonyl (C=O) groups excluding carboxylic acids is 3. The zero-order valence-electron chi connectivity index (χ0n) is 13.5. The lowest BCUT2D eigenvalue weighted by Crippen LogP contribution is -2.32. The zero-order chi connectivity index (χ0) is 17.8. The highest BCUT2D eigenvalue weighted by atomic mass is 79.9. The molecule has 2 aromatic carbocycles. The van der Waals surface area contributed by atoms with E-state index < -0.39 is 0 Å². The number of fused-ring (bicyclic) bond motifs is 1. The van der Waals surface area contributed by atoms with Gasteiger partial charge in [-0.15, -0.1) is 0 Å². The summed E-state index contributed by atoms with van der Waals surface area (Å²) >= 11 is 3.31. The number of carbonyl (C=O) groups is 3. The van der Waals surface area contributed by atoms with Gasteiger partial charge in [0.25, 0.3) is 11.8 Å². The Balaban J connectivity index is 1.49. The minimum Gasteiger partial charge on any atom is -0.352 e. The number of imide groups is 1. The van der Waals surface area contributed by atoms with Gasteiger partial charge in [0, 0.05) is 24.0 Å². The van der Waals surface area contributed by atoms with Crippen LogP contribution in [0.5, 0.6) is 0 Å². The third kappa shape index (κ3) is 3.96. The first-order valence-corrected chi connectivity index (χ1v) is 8.82. The second kappa shape index (κ2) is 7.61. The molecule has 0 bridgehead atoms. The molecule has 0 fully saturated rings. The van der Waals surface area contributed by atoms with Crippen molar-refractivity contribution < 1.29 is 14.4 Å². The average molecular weight is 401 g/mol. The predicted octanol–water partition coefficient (Wildman–Crippen LogP) is 3.14. The van der Waals surface area contributed by atoms with Gasteiger partial charge in [0.1, 0.15) is 0 Å². The van der Waals surface area contributed by atoms with E-state index in [0.29, 0.717) is 24.1 Å². The van der Waals surface area contributed by atoms with Gasteiger partial charge in [-0.2, -0.15) is 0 Å². The SMILES string of the molecule is O=C(CCCN1C(=O)c2ccc(Br)cc2C1=O)NCc1ccccc1. The molecular formula is C19H17BrN2O3. The van der Waals surface area contributed by atoms with E-state index in [1.54, 1.807) is 18.2 Å². The van der Waals surface area contributed by atoms with Crippen LogP contribution in [0.3, 0.4) is 0 Å². The van der Waals surface area contributed by atoms with Gasteiger partial charge in [-0.1, -0.05) is 46.3 Å². The van der Waals surface area contributed by atoms with Crippen LogP contribution >= 0.6 is 15.9 Å². The van der Waals surface area contributed by atoms with Crippen molar-refractivity contribution in [2.24, 2.45) is 0 Å². The lowest BCUT2D eigenvalue weighted by atomic mass is 10.1. The Morgan fingerprint density at radius 1 is 1.00 bits per heavy atom. The van der Waals surface area contributed by atoms with Gasteiger partial charge >= 0.3 is 0 Å². The van der Waals surface area contributed by atoms with Crippen molar-refractivity contribution in [1.82, 2.24) is 10.2 Å². The maximum Gasteiger partial charge on any atom is 0.261 e. The molecule has 0 radical (unpaired) electrons. The lowest BCUT2D eigenvalue weighted by molar-refractivity contribution is -0.121. The molecule has 0 saturated carbocycles. The molecule has 0 atom stereocenters. The van der Waals surface area contributed by atoms with Gasteiger partial charge in [-0.05, 0) is 30.2 Å². The molecule has 5 nitrogen and oxygen atoms in total. The van der Waals surface area contributed by atoms with Crippen LogP contribution in [0, 0.1) is 0 Å². The molecule has 0 spiro atoms. The van der Waals surface area contributed by atoms with E-state index in [-0.39, 0.29) is 30.7 Å². The Kier molecular flexibility index (Phi) is 5.28. The average Bonchev–Trinajstić information content (AvgIpc) is 2.85. The van der Waals surface area contributed by atoms with E-state index in [9.17, 15) is 14.4 Å². The molecule has 1 aliphatic heterocycles. The largest absolute Gasteiger partial charge is 0.352 e. The smallest absolute Gasteiger partial charge is 0.261 e. The summed E-state index contributed by atoms with van der Waals surface area (Å²) in [6, 6.07) is 14.7. The highest BCUT2D eigenvalue weighted by Gasteiger charge is 2.35. The summed E-state index contributed by atoms with van der Waals surface area (Å²) in [6.45, 7) is 0.712. The number of nitrogens with zero attached hydrogens (tertiary/aromatic N) is 1. The molecule has 1 N–H and O–H groups in total. The van der Waals surface area contributed by atoms with E-state index in [1.165, 1.54) is 4.90 Å². The maximum atomic E-state index is 12.3. The van der Waals surface area contributed by atoms with Crippen LogP contribution in [0.1, 0.15) is 39.1 Å². The minimum absolute atomic E-state index is 0.0943. The molecule has 2 aromatic rings. The van der Waals surface area contributed by atoms with E-state index in [2.05, 4.69) is 21.2 Å². The van der Waals surface area contributed by atoms with Crippen LogP contribution in [-0.2, 0) is 11.3 Å². The predicted molar refractivity (Wildman–Crippen MR) is 97.0 cm³/mol. The first-order chi connectivity index (χ1) is 12.1. The van der Waals surface area contributed by atoms with Gasteiger partial charge in [-0.25, -0.2) is 0 Å². The Morgan fingerprint density at radius 2 is 1.72 bits per heavy atom. The normalized spacial score (nSPS) is 13.1. The molecule has 1 heterocycles. The van der Waals surface area contributed by atoms with Crippen molar-refractivity contribution in [3.63, 3.8) is 0 Å². The van der Waals surface area contributed by atoms with E-state index in [4.69, 9.17) is 0 Å². The quantitative estimate of drug-likeness (QED) is 0.757. The highest BCUT2D eigenvalue weighted by Crippen LogP contribution is 2.26. The molecule has 3 rings (SSSR count). The third-order valence-corrected chi connectivity index (χ3v) is 4.54. The zero-order valence-corrected chi connectivity index (χ0v) is 15.1. The molecule has 128 valence electrons. The number of rotatable bonds is 6. The van der Waals surface area contributed by atoms with Crippen molar-refractivity contribution in [2.75, 3.05) is 6.54 Å². The van der Waals surface area contributed by atoms with Crippen LogP contribution in [0.2, 0.25) is 0 Å². The number of benzene rings is 2. The molecule has 0 unspecified atom stereocenters. The van der Waals surface area contributed by atoms with Crippen molar-refractivity contribution in [3.8, 4) is 0 Å². The summed E-state index contributed by atoms with van der Waals surface area (Å²) in [7, 11) is 0. The molecule has 25 heavy (non-hydrogen) atoms. The van der Waals surface area contributed by atoms with Gasteiger partial charge in [0.2, 0.25) is 5.91 Å². The van der Waals surface area contributed by atoms with Crippen molar-refractivity contribution in [2.45, 2.75) is 19.4 Å². The highest BCUT2D eigenvalue weighted by molar-refractivity contribution is 9.10. The number of halogens is 1. The van der Waals surface area contributed by atoms with Crippen molar-refractivity contribution in [1.29, 1.82) is 0 Å². The number of hydrogen-bond donors (Lipinski definition) is 1. The number of amides is 3. The summed E-state index contributed by atoms with van der Waals surface area (Å²) in [6.07, 6.45) is 0.706. The summed E-state index contributed by atoms with van der Waals surface area (Å²) in [4.78, 5) is 37.7. The monoisotopic (exact) mass is 400 g/mol. The first kappa shape index (κ1) is 17.4. The van der Waals surface area contributed by atoms with E-state index in [1.807, 2.05) is 30.3 Å². The Hall–Kier alpha value is -2.47. The van der Waals surface area contributed by atoms with Gasteiger partial charge in [0.05, 0.1) is 11.1 Å². The minimum atomic E-state index is -0.300. The second-order valence-electron chi connectivity index (χ2n) is 5.82. The summed E-state index contributed by atoms with van der Waals surface area (Å²) in [5.41, 5.74) is 1.86. The fourth-order valence-corrected chi connectivity index (χ4v) is 3.11. The fraction of sp³-hybridized carbons (Fsp3) is 0.211. The van der Waals surface area contributed by atoms with Crippen molar-refractivity contribution in [3.05, 3.63) is 69.7 Å². The van der Waals surface area contributed by atoms with Gasteiger partial charge in [0.15, 0.2) is 0 Å². The summed E-state index contributed by atoms with van der Waals surface area (Å²) in [5, 5.41) is 2.84. The Bertz CT molecular complexity index is 821.